The fourth-order valence-electron chi connectivity index (χ4n) is 2.25. The Hall–Kier alpha value is -2.92. The average Bonchev–Trinajstić information content (AvgIpc) is 2.68. The molecule has 3 rings (SSSR count). The van der Waals surface area contributed by atoms with E-state index >= 15 is 0 Å². The van der Waals surface area contributed by atoms with Gasteiger partial charge in [-0.05, 0) is 53.6 Å². The minimum Gasteiger partial charge on any atom is -0.489 e. The van der Waals surface area contributed by atoms with Crippen molar-refractivity contribution in [3.8, 4) is 5.75 Å². The first kappa shape index (κ1) is 17.9. The Bertz CT molecular complexity index is 893. The van der Waals surface area contributed by atoms with Crippen LogP contribution in [0.25, 0.3) is 0 Å². The Labute approximate surface area is 160 Å². The average molecular weight is 409 g/mol. The third-order valence-electron chi connectivity index (χ3n) is 3.59. The molecule has 3 aromatic rings. The van der Waals surface area contributed by atoms with Gasteiger partial charge in [0, 0.05) is 10.0 Å². The summed E-state index contributed by atoms with van der Waals surface area (Å²) in [6.45, 7) is 0.525. The lowest BCUT2D eigenvalue weighted by atomic mass is 10.2. The molecule has 5 heteroatoms. The summed E-state index contributed by atoms with van der Waals surface area (Å²) in [7, 11) is 0. The lowest BCUT2D eigenvalue weighted by Gasteiger charge is -2.06. The van der Waals surface area contributed by atoms with Gasteiger partial charge in [0.25, 0.3) is 5.91 Å². The molecule has 0 fully saturated rings. The van der Waals surface area contributed by atoms with Gasteiger partial charge in [-0.3, -0.25) is 4.79 Å². The van der Waals surface area contributed by atoms with Gasteiger partial charge in [-0.1, -0.05) is 52.3 Å². The van der Waals surface area contributed by atoms with Crippen LogP contribution in [-0.2, 0) is 6.61 Å². The van der Waals surface area contributed by atoms with Crippen LogP contribution in [0, 0.1) is 0 Å². The minimum atomic E-state index is -0.259. The van der Waals surface area contributed by atoms with E-state index in [1.807, 2.05) is 60.7 Å². The maximum atomic E-state index is 12.0. The normalized spacial score (nSPS) is 10.7. The number of hydrogen-bond donors (Lipinski definition) is 1. The van der Waals surface area contributed by atoms with E-state index in [1.54, 1.807) is 24.4 Å². The Morgan fingerprint density at radius 1 is 1.00 bits per heavy atom. The molecule has 26 heavy (non-hydrogen) atoms. The standard InChI is InChI=1S/C21H17BrN2O2/c22-19-8-4-7-18(13-19)21(25)24-23-14-16-9-11-20(12-10-16)26-15-17-5-2-1-3-6-17/h1-14H,15H2,(H,24,25)/b23-14-. The molecule has 0 heterocycles. The smallest absolute Gasteiger partial charge is 0.271 e. The summed E-state index contributed by atoms with van der Waals surface area (Å²) >= 11 is 3.34. The highest BCUT2D eigenvalue weighted by atomic mass is 79.9. The highest BCUT2D eigenvalue weighted by Crippen LogP contribution is 2.14. The molecule has 4 nitrogen and oxygen atoms in total. The monoisotopic (exact) mass is 408 g/mol. The molecule has 0 radical (unpaired) electrons. The molecule has 0 saturated heterocycles. The fourth-order valence-corrected chi connectivity index (χ4v) is 2.65. The highest BCUT2D eigenvalue weighted by Gasteiger charge is 2.03. The lowest BCUT2D eigenvalue weighted by Crippen LogP contribution is -2.17. The van der Waals surface area contributed by atoms with E-state index in [1.165, 1.54) is 0 Å². The van der Waals surface area contributed by atoms with Crippen LogP contribution in [0.1, 0.15) is 21.5 Å². The number of carbonyl (C=O) groups is 1. The zero-order chi connectivity index (χ0) is 18.2. The summed E-state index contributed by atoms with van der Waals surface area (Å²) in [6, 6.07) is 24.7. The number of halogens is 1. The van der Waals surface area contributed by atoms with Crippen molar-refractivity contribution in [2.45, 2.75) is 6.61 Å². The summed E-state index contributed by atoms with van der Waals surface area (Å²) in [5.74, 6) is 0.523. The van der Waals surface area contributed by atoms with Crippen LogP contribution in [0.2, 0.25) is 0 Å². The summed E-state index contributed by atoms with van der Waals surface area (Å²) in [4.78, 5) is 12.0. The summed E-state index contributed by atoms with van der Waals surface area (Å²) < 4.78 is 6.59. The van der Waals surface area contributed by atoms with Crippen molar-refractivity contribution in [1.29, 1.82) is 0 Å². The zero-order valence-electron chi connectivity index (χ0n) is 13.9. The summed E-state index contributed by atoms with van der Waals surface area (Å²) in [5, 5.41) is 3.99. The predicted molar refractivity (Wildman–Crippen MR) is 106 cm³/mol. The van der Waals surface area contributed by atoms with Crippen LogP contribution in [-0.4, -0.2) is 12.1 Å². The molecule has 1 amide bonds. The van der Waals surface area contributed by atoms with E-state index in [2.05, 4.69) is 26.5 Å². The number of carbonyl (C=O) groups excluding carboxylic acids is 1. The van der Waals surface area contributed by atoms with Gasteiger partial charge in [0.15, 0.2) is 0 Å². The molecule has 1 N–H and O–H groups in total. The predicted octanol–water partition coefficient (Wildman–Crippen LogP) is 4.79. The van der Waals surface area contributed by atoms with E-state index in [-0.39, 0.29) is 5.91 Å². The maximum Gasteiger partial charge on any atom is 0.271 e. The van der Waals surface area contributed by atoms with Gasteiger partial charge in [0.2, 0.25) is 0 Å². The van der Waals surface area contributed by atoms with Crippen LogP contribution >= 0.6 is 15.9 Å². The number of ether oxygens (including phenoxy) is 1. The minimum absolute atomic E-state index is 0.259. The molecule has 3 aromatic carbocycles. The number of nitrogens with one attached hydrogen (secondary N) is 1. The van der Waals surface area contributed by atoms with Crippen molar-refractivity contribution in [3.63, 3.8) is 0 Å². The van der Waals surface area contributed by atoms with Crippen molar-refractivity contribution in [2.75, 3.05) is 0 Å². The molecule has 0 bridgehead atoms. The van der Waals surface area contributed by atoms with E-state index in [9.17, 15) is 4.79 Å². The molecule has 0 saturated carbocycles. The van der Waals surface area contributed by atoms with Crippen LogP contribution in [0.15, 0.2) is 88.4 Å². The number of hydrazone groups is 1. The van der Waals surface area contributed by atoms with Crippen LogP contribution in [0.5, 0.6) is 5.75 Å². The number of benzene rings is 3. The number of nitrogens with zero attached hydrogens (tertiary/aromatic N) is 1. The van der Waals surface area contributed by atoms with Gasteiger partial charge >= 0.3 is 0 Å². The summed E-state index contributed by atoms with van der Waals surface area (Å²) in [6.07, 6.45) is 1.59. The Morgan fingerprint density at radius 3 is 2.50 bits per heavy atom. The first-order chi connectivity index (χ1) is 12.7. The molecule has 0 spiro atoms. The molecular formula is C21H17BrN2O2. The molecule has 0 unspecified atom stereocenters. The van der Waals surface area contributed by atoms with Gasteiger partial charge in [-0.25, -0.2) is 5.43 Å². The van der Waals surface area contributed by atoms with Gasteiger partial charge < -0.3 is 4.74 Å². The quantitative estimate of drug-likeness (QED) is 0.470. The third-order valence-corrected chi connectivity index (χ3v) is 4.09. The van der Waals surface area contributed by atoms with Crippen LogP contribution in [0.4, 0.5) is 0 Å². The molecule has 0 aliphatic heterocycles. The SMILES string of the molecule is O=C(N/N=C\c1ccc(OCc2ccccc2)cc1)c1cccc(Br)c1. The number of amides is 1. The first-order valence-electron chi connectivity index (χ1n) is 8.06. The van der Waals surface area contributed by atoms with Crippen molar-refractivity contribution in [3.05, 3.63) is 100 Å². The molecular weight excluding hydrogens is 392 g/mol. The highest BCUT2D eigenvalue weighted by molar-refractivity contribution is 9.10. The van der Waals surface area contributed by atoms with Gasteiger partial charge in [-0.2, -0.15) is 5.10 Å². The first-order valence-corrected chi connectivity index (χ1v) is 8.86. The molecule has 130 valence electrons. The Morgan fingerprint density at radius 2 is 1.77 bits per heavy atom. The van der Waals surface area contributed by atoms with Gasteiger partial charge in [0.05, 0.1) is 6.21 Å². The second-order valence-corrected chi connectivity index (χ2v) is 6.47. The molecule has 0 atom stereocenters. The largest absolute Gasteiger partial charge is 0.489 e. The Kier molecular flexibility index (Phi) is 6.17. The number of rotatable bonds is 6. The molecule has 0 aromatic heterocycles. The maximum absolute atomic E-state index is 12.0. The fraction of sp³-hybridized carbons (Fsp3) is 0.0476. The van der Waals surface area contributed by atoms with E-state index in [0.717, 1.165) is 21.3 Å². The van der Waals surface area contributed by atoms with Crippen molar-refractivity contribution in [2.24, 2.45) is 5.10 Å². The van der Waals surface area contributed by atoms with Crippen molar-refractivity contribution >= 4 is 28.1 Å². The van der Waals surface area contributed by atoms with Gasteiger partial charge in [0.1, 0.15) is 12.4 Å². The third kappa shape index (κ3) is 5.29. The zero-order valence-corrected chi connectivity index (χ0v) is 15.5. The summed E-state index contributed by atoms with van der Waals surface area (Å²) in [5.41, 5.74) is 5.04. The van der Waals surface area contributed by atoms with Gasteiger partial charge in [-0.15, -0.1) is 0 Å². The second kappa shape index (κ2) is 8.97. The van der Waals surface area contributed by atoms with Crippen molar-refractivity contribution in [1.82, 2.24) is 5.43 Å². The van der Waals surface area contributed by atoms with E-state index < -0.39 is 0 Å². The molecule has 0 aliphatic carbocycles. The second-order valence-electron chi connectivity index (χ2n) is 5.55. The van der Waals surface area contributed by atoms with Crippen LogP contribution in [0.3, 0.4) is 0 Å². The lowest BCUT2D eigenvalue weighted by molar-refractivity contribution is 0.0955. The van der Waals surface area contributed by atoms with E-state index in [4.69, 9.17) is 4.74 Å². The number of hydrogen-bond acceptors (Lipinski definition) is 3. The molecule has 0 aliphatic rings. The Balaban J connectivity index is 1.52. The van der Waals surface area contributed by atoms with Crippen molar-refractivity contribution < 1.29 is 9.53 Å². The van der Waals surface area contributed by atoms with Crippen LogP contribution < -0.4 is 10.2 Å². The van der Waals surface area contributed by atoms with E-state index in [0.29, 0.717) is 12.2 Å². The topological polar surface area (TPSA) is 50.7 Å².